The van der Waals surface area contributed by atoms with Gasteiger partial charge in [-0.1, -0.05) is 0 Å². The standard InChI is InChI=1S/C12H13F5N2/c1-2-19(6-3-4-18-5-6)12-10(16)8(14)7(13)9(15)11(12)17/h6,18H,2-5H2,1H3. The molecule has 1 aliphatic heterocycles. The molecule has 1 aliphatic rings. The molecule has 19 heavy (non-hydrogen) atoms. The van der Waals surface area contributed by atoms with Crippen LogP contribution in [0.5, 0.6) is 0 Å². The maximum absolute atomic E-state index is 13.7. The minimum atomic E-state index is -2.13. The maximum Gasteiger partial charge on any atom is 0.200 e. The van der Waals surface area contributed by atoms with Crippen molar-refractivity contribution in [2.45, 2.75) is 19.4 Å². The van der Waals surface area contributed by atoms with Crippen molar-refractivity contribution < 1.29 is 22.0 Å². The summed E-state index contributed by atoms with van der Waals surface area (Å²) < 4.78 is 66.8. The molecule has 0 aromatic heterocycles. The monoisotopic (exact) mass is 280 g/mol. The lowest BCUT2D eigenvalue weighted by atomic mass is 10.1. The van der Waals surface area contributed by atoms with Crippen LogP contribution in [0.4, 0.5) is 27.6 Å². The van der Waals surface area contributed by atoms with Gasteiger partial charge in [0.05, 0.1) is 0 Å². The third-order valence-electron chi connectivity index (χ3n) is 3.29. The molecule has 1 fully saturated rings. The number of hydrogen-bond acceptors (Lipinski definition) is 2. The fourth-order valence-corrected chi connectivity index (χ4v) is 2.35. The Hall–Kier alpha value is -1.37. The molecule has 2 nitrogen and oxygen atoms in total. The molecule has 1 unspecified atom stereocenters. The predicted octanol–water partition coefficient (Wildman–Crippen LogP) is 2.57. The molecule has 0 bridgehead atoms. The lowest BCUT2D eigenvalue weighted by molar-refractivity contribution is 0.376. The molecule has 1 N–H and O–H groups in total. The van der Waals surface area contributed by atoms with Crippen LogP contribution in [0.3, 0.4) is 0 Å². The highest BCUT2D eigenvalue weighted by Crippen LogP contribution is 2.32. The second-order valence-electron chi connectivity index (χ2n) is 4.35. The number of rotatable bonds is 3. The van der Waals surface area contributed by atoms with Gasteiger partial charge in [-0.05, 0) is 19.9 Å². The molecule has 0 aliphatic carbocycles. The molecule has 0 saturated carbocycles. The first kappa shape index (κ1) is 14.0. The number of halogens is 5. The Bertz CT molecular complexity index is 456. The van der Waals surface area contributed by atoms with Gasteiger partial charge in [-0.3, -0.25) is 0 Å². The van der Waals surface area contributed by atoms with Gasteiger partial charge in [0.1, 0.15) is 5.69 Å². The van der Waals surface area contributed by atoms with E-state index in [9.17, 15) is 22.0 Å². The highest BCUT2D eigenvalue weighted by atomic mass is 19.2. The average Bonchev–Trinajstić information content (AvgIpc) is 2.93. The normalized spacial score (nSPS) is 18.9. The van der Waals surface area contributed by atoms with E-state index in [1.54, 1.807) is 6.92 Å². The fourth-order valence-electron chi connectivity index (χ4n) is 2.35. The summed E-state index contributed by atoms with van der Waals surface area (Å²) in [5, 5.41) is 2.99. The van der Waals surface area contributed by atoms with E-state index >= 15 is 0 Å². The van der Waals surface area contributed by atoms with Crippen molar-refractivity contribution in [3.05, 3.63) is 29.1 Å². The van der Waals surface area contributed by atoms with E-state index in [1.807, 2.05) is 0 Å². The van der Waals surface area contributed by atoms with Crippen molar-refractivity contribution in [2.24, 2.45) is 0 Å². The highest BCUT2D eigenvalue weighted by Gasteiger charge is 2.32. The molecule has 106 valence electrons. The zero-order valence-electron chi connectivity index (χ0n) is 10.2. The zero-order chi connectivity index (χ0) is 14.2. The third kappa shape index (κ3) is 2.27. The summed E-state index contributed by atoms with van der Waals surface area (Å²) in [6, 6.07) is -0.279. The molecule has 1 aromatic carbocycles. The summed E-state index contributed by atoms with van der Waals surface area (Å²) in [7, 11) is 0. The first-order valence-electron chi connectivity index (χ1n) is 5.97. The van der Waals surface area contributed by atoms with Crippen LogP contribution in [0.1, 0.15) is 13.3 Å². The van der Waals surface area contributed by atoms with Crippen LogP contribution in [-0.2, 0) is 0 Å². The molecule has 0 amide bonds. The topological polar surface area (TPSA) is 15.3 Å². The molecule has 1 aromatic rings. The number of hydrogen-bond donors (Lipinski definition) is 1. The van der Waals surface area contributed by atoms with Crippen LogP contribution in [0, 0.1) is 29.1 Å². The molecule has 1 atom stereocenters. The zero-order valence-corrected chi connectivity index (χ0v) is 10.2. The lowest BCUT2D eigenvalue weighted by Gasteiger charge is -2.30. The van der Waals surface area contributed by atoms with E-state index in [2.05, 4.69) is 5.32 Å². The third-order valence-corrected chi connectivity index (χ3v) is 3.29. The Kier molecular flexibility index (Phi) is 3.93. The molecule has 7 heteroatoms. The number of nitrogens with zero attached hydrogens (tertiary/aromatic N) is 1. The molecular formula is C12H13F5N2. The van der Waals surface area contributed by atoms with Gasteiger partial charge in [-0.2, -0.15) is 0 Å². The summed E-state index contributed by atoms with van der Waals surface area (Å²) in [5.74, 6) is -9.48. The van der Waals surface area contributed by atoms with Crippen molar-refractivity contribution in [1.82, 2.24) is 5.32 Å². The van der Waals surface area contributed by atoms with E-state index in [0.717, 1.165) is 0 Å². The van der Waals surface area contributed by atoms with Crippen molar-refractivity contribution >= 4 is 5.69 Å². The van der Waals surface area contributed by atoms with Gasteiger partial charge < -0.3 is 10.2 Å². The van der Waals surface area contributed by atoms with E-state index in [1.165, 1.54) is 4.90 Å². The Labute approximate surface area is 107 Å². The summed E-state index contributed by atoms with van der Waals surface area (Å²) in [5.41, 5.74) is -0.840. The van der Waals surface area contributed by atoms with Crippen LogP contribution in [0.2, 0.25) is 0 Å². The largest absolute Gasteiger partial charge is 0.363 e. The summed E-state index contributed by atoms with van der Waals surface area (Å²) in [6.07, 6.45) is 0.591. The number of anilines is 1. The lowest BCUT2D eigenvalue weighted by Crippen LogP contribution is -2.38. The van der Waals surface area contributed by atoms with Crippen molar-refractivity contribution in [3.63, 3.8) is 0 Å². The van der Waals surface area contributed by atoms with Crippen molar-refractivity contribution in [3.8, 4) is 0 Å². The number of benzene rings is 1. The fraction of sp³-hybridized carbons (Fsp3) is 0.500. The van der Waals surface area contributed by atoms with Gasteiger partial charge in [-0.15, -0.1) is 0 Å². The van der Waals surface area contributed by atoms with Gasteiger partial charge in [0.25, 0.3) is 0 Å². The SMILES string of the molecule is CCN(c1c(F)c(F)c(F)c(F)c1F)C1CCNC1. The minimum absolute atomic E-state index is 0.157. The number of nitrogens with one attached hydrogen (secondary N) is 1. The Morgan fingerprint density at radius 2 is 1.53 bits per heavy atom. The molecule has 1 heterocycles. The van der Waals surface area contributed by atoms with E-state index in [-0.39, 0.29) is 12.6 Å². The molecular weight excluding hydrogens is 267 g/mol. The van der Waals surface area contributed by atoms with E-state index in [0.29, 0.717) is 19.5 Å². The smallest absolute Gasteiger partial charge is 0.200 e. The Balaban J connectivity index is 2.53. The van der Waals surface area contributed by atoms with Crippen LogP contribution in [-0.4, -0.2) is 25.7 Å². The predicted molar refractivity (Wildman–Crippen MR) is 60.5 cm³/mol. The first-order chi connectivity index (χ1) is 8.99. The van der Waals surface area contributed by atoms with Gasteiger partial charge in [0.2, 0.25) is 5.82 Å². The first-order valence-corrected chi connectivity index (χ1v) is 5.97. The molecule has 0 spiro atoms. The van der Waals surface area contributed by atoms with Gasteiger partial charge in [0, 0.05) is 19.1 Å². The van der Waals surface area contributed by atoms with Gasteiger partial charge >= 0.3 is 0 Å². The van der Waals surface area contributed by atoms with Crippen molar-refractivity contribution in [1.29, 1.82) is 0 Å². The van der Waals surface area contributed by atoms with Crippen LogP contribution < -0.4 is 10.2 Å². The Morgan fingerprint density at radius 3 is 1.95 bits per heavy atom. The van der Waals surface area contributed by atoms with E-state index in [4.69, 9.17) is 0 Å². The molecule has 0 radical (unpaired) electrons. The number of likely N-dealkylation sites (N-methyl/N-ethyl adjacent to an activating group) is 1. The maximum atomic E-state index is 13.7. The summed E-state index contributed by atoms with van der Waals surface area (Å²) >= 11 is 0. The second-order valence-corrected chi connectivity index (χ2v) is 4.35. The van der Waals surface area contributed by atoms with Crippen LogP contribution in [0.15, 0.2) is 0 Å². The summed E-state index contributed by atoms with van der Waals surface area (Å²) in [4.78, 5) is 1.22. The summed E-state index contributed by atoms with van der Waals surface area (Å²) in [6.45, 7) is 2.87. The highest BCUT2D eigenvalue weighted by molar-refractivity contribution is 5.51. The van der Waals surface area contributed by atoms with Gasteiger partial charge in [0.15, 0.2) is 23.3 Å². The minimum Gasteiger partial charge on any atom is -0.363 e. The molecule has 1 saturated heterocycles. The van der Waals surface area contributed by atoms with Crippen LogP contribution >= 0.6 is 0 Å². The second kappa shape index (κ2) is 5.32. The quantitative estimate of drug-likeness (QED) is 0.520. The van der Waals surface area contributed by atoms with E-state index < -0.39 is 34.8 Å². The Morgan fingerprint density at radius 1 is 1.00 bits per heavy atom. The molecule has 2 rings (SSSR count). The van der Waals surface area contributed by atoms with Gasteiger partial charge in [-0.25, -0.2) is 22.0 Å². The van der Waals surface area contributed by atoms with Crippen LogP contribution in [0.25, 0.3) is 0 Å². The van der Waals surface area contributed by atoms with Crippen molar-refractivity contribution in [2.75, 3.05) is 24.5 Å². The average molecular weight is 280 g/mol.